The molecule has 0 aromatic heterocycles. The first kappa shape index (κ1) is 20.7. The molecule has 6 nitrogen and oxygen atoms in total. The number of methoxy groups -OCH3 is 1. The fraction of sp³-hybridized carbons (Fsp3) is 0.714. The van der Waals surface area contributed by atoms with E-state index in [0.717, 1.165) is 25.7 Å². The molecule has 0 aliphatic carbocycles. The number of hydrogen-bond donors (Lipinski definition) is 1. The molecular weight excluding hydrogens is 348 g/mol. The van der Waals surface area contributed by atoms with Gasteiger partial charge < -0.3 is 28.8 Å². The lowest BCUT2D eigenvalue weighted by atomic mass is 9.96. The minimum absolute atomic E-state index is 0.134. The number of benzene rings is 1. The predicted molar refractivity (Wildman–Crippen MR) is 100 cm³/mol. The van der Waals surface area contributed by atoms with Gasteiger partial charge in [-0.1, -0.05) is 36.8 Å². The van der Waals surface area contributed by atoms with Gasteiger partial charge in [0.15, 0.2) is 5.79 Å². The van der Waals surface area contributed by atoms with Crippen LogP contribution in [0, 0.1) is 0 Å². The first-order valence-electron chi connectivity index (χ1n) is 9.80. The molecule has 6 heteroatoms. The molecule has 2 aliphatic heterocycles. The normalized spacial score (nSPS) is 32.8. The standard InChI is InChI=1S/C21H32O6/c1-20(2)26-15-21(27-20)19(18(23-3)17(22)14-25-21)24-13-9-5-8-12-16-10-6-4-7-11-16/h4,6-7,10-11,17-19,22H,5,8-9,12-15H2,1-3H3/t17-,18-,19-,21+/m1/s1. The van der Waals surface area contributed by atoms with E-state index in [1.807, 2.05) is 19.9 Å². The highest BCUT2D eigenvalue weighted by Crippen LogP contribution is 2.40. The maximum Gasteiger partial charge on any atom is 0.224 e. The van der Waals surface area contributed by atoms with Crippen molar-refractivity contribution in [3.63, 3.8) is 0 Å². The minimum atomic E-state index is -1.03. The number of ether oxygens (including phenoxy) is 5. The van der Waals surface area contributed by atoms with Crippen LogP contribution in [-0.4, -0.2) is 61.9 Å². The summed E-state index contributed by atoms with van der Waals surface area (Å²) in [7, 11) is 1.57. The van der Waals surface area contributed by atoms with Gasteiger partial charge in [0.25, 0.3) is 0 Å². The average Bonchev–Trinajstić information content (AvgIpc) is 2.97. The molecule has 2 saturated heterocycles. The van der Waals surface area contributed by atoms with Crippen LogP contribution in [0.25, 0.3) is 0 Å². The SMILES string of the molecule is CO[C@@H]1[C@H](O)CO[C@]2(COC(C)(C)O2)[C@@H]1OCCCCCc1ccccc1. The minimum Gasteiger partial charge on any atom is -0.388 e. The summed E-state index contributed by atoms with van der Waals surface area (Å²) in [5, 5.41) is 10.3. The second-order valence-electron chi connectivity index (χ2n) is 7.77. The van der Waals surface area contributed by atoms with Crippen molar-refractivity contribution in [2.45, 2.75) is 69.4 Å². The second kappa shape index (κ2) is 8.99. The molecule has 0 unspecified atom stereocenters. The molecule has 27 heavy (non-hydrogen) atoms. The monoisotopic (exact) mass is 380 g/mol. The Morgan fingerprint density at radius 1 is 1.11 bits per heavy atom. The Balaban J connectivity index is 1.50. The third kappa shape index (κ3) is 5.08. The Morgan fingerprint density at radius 2 is 1.89 bits per heavy atom. The summed E-state index contributed by atoms with van der Waals surface area (Å²) in [6.07, 6.45) is 2.37. The quantitative estimate of drug-likeness (QED) is 0.700. The Labute approximate surface area is 161 Å². The van der Waals surface area contributed by atoms with Crippen LogP contribution in [0.1, 0.15) is 38.7 Å². The summed E-state index contributed by atoms with van der Waals surface area (Å²) >= 11 is 0. The van der Waals surface area contributed by atoms with Crippen molar-refractivity contribution >= 4 is 0 Å². The Hall–Kier alpha value is -1.02. The van der Waals surface area contributed by atoms with Gasteiger partial charge in [-0.3, -0.25) is 0 Å². The van der Waals surface area contributed by atoms with Gasteiger partial charge in [0.2, 0.25) is 5.79 Å². The summed E-state index contributed by atoms with van der Waals surface area (Å²) < 4.78 is 29.3. The van der Waals surface area contributed by atoms with Crippen LogP contribution in [0.2, 0.25) is 0 Å². The number of hydrogen-bond acceptors (Lipinski definition) is 6. The van der Waals surface area contributed by atoms with Gasteiger partial charge in [-0.2, -0.15) is 0 Å². The van der Waals surface area contributed by atoms with Crippen molar-refractivity contribution in [3.8, 4) is 0 Å². The maximum absolute atomic E-state index is 10.3. The Morgan fingerprint density at radius 3 is 2.56 bits per heavy atom. The summed E-state index contributed by atoms with van der Waals surface area (Å²) in [6, 6.07) is 10.5. The smallest absolute Gasteiger partial charge is 0.224 e. The van der Waals surface area contributed by atoms with E-state index in [9.17, 15) is 5.11 Å². The van der Waals surface area contributed by atoms with E-state index in [0.29, 0.717) is 6.61 Å². The van der Waals surface area contributed by atoms with Gasteiger partial charge in [0, 0.05) is 13.7 Å². The van der Waals surface area contributed by atoms with Gasteiger partial charge in [0.05, 0.1) is 6.61 Å². The molecule has 0 bridgehead atoms. The number of aliphatic hydroxyl groups is 1. The lowest BCUT2D eigenvalue weighted by Gasteiger charge is -2.45. The van der Waals surface area contributed by atoms with Crippen LogP contribution in [0.5, 0.6) is 0 Å². The average molecular weight is 380 g/mol. The number of aliphatic hydroxyl groups excluding tert-OH is 1. The molecule has 2 heterocycles. The largest absolute Gasteiger partial charge is 0.388 e. The summed E-state index contributed by atoms with van der Waals surface area (Å²) in [4.78, 5) is 0. The first-order chi connectivity index (χ1) is 13.0. The van der Waals surface area contributed by atoms with E-state index in [-0.39, 0.29) is 13.2 Å². The maximum atomic E-state index is 10.3. The van der Waals surface area contributed by atoms with E-state index in [1.54, 1.807) is 7.11 Å². The second-order valence-corrected chi connectivity index (χ2v) is 7.77. The molecule has 4 atom stereocenters. The molecule has 2 aliphatic rings. The highest BCUT2D eigenvalue weighted by Gasteiger charge is 2.59. The highest BCUT2D eigenvalue weighted by atomic mass is 16.8. The van der Waals surface area contributed by atoms with Crippen molar-refractivity contribution in [1.82, 2.24) is 0 Å². The lowest BCUT2D eigenvalue weighted by molar-refractivity contribution is -0.347. The van der Waals surface area contributed by atoms with Crippen LogP contribution >= 0.6 is 0 Å². The Kier molecular flexibility index (Phi) is 6.89. The fourth-order valence-electron chi connectivity index (χ4n) is 3.78. The van der Waals surface area contributed by atoms with E-state index >= 15 is 0 Å². The van der Waals surface area contributed by atoms with Gasteiger partial charge in [-0.05, 0) is 38.7 Å². The third-order valence-corrected chi connectivity index (χ3v) is 5.17. The fourth-order valence-corrected chi connectivity index (χ4v) is 3.78. The highest BCUT2D eigenvalue weighted by molar-refractivity contribution is 5.14. The van der Waals surface area contributed by atoms with E-state index < -0.39 is 29.9 Å². The van der Waals surface area contributed by atoms with E-state index in [4.69, 9.17) is 23.7 Å². The topological polar surface area (TPSA) is 66.4 Å². The van der Waals surface area contributed by atoms with Crippen LogP contribution in [0.4, 0.5) is 0 Å². The summed E-state index contributed by atoms with van der Waals surface area (Å²) in [5.41, 5.74) is 1.36. The number of aryl methyl sites for hydroxylation is 1. The zero-order valence-electron chi connectivity index (χ0n) is 16.6. The molecule has 1 spiro atoms. The molecule has 0 radical (unpaired) electrons. The van der Waals surface area contributed by atoms with E-state index in [2.05, 4.69) is 24.3 Å². The molecule has 152 valence electrons. The van der Waals surface area contributed by atoms with Gasteiger partial charge in [0.1, 0.15) is 24.9 Å². The van der Waals surface area contributed by atoms with Crippen LogP contribution in [0.15, 0.2) is 30.3 Å². The van der Waals surface area contributed by atoms with Gasteiger partial charge >= 0.3 is 0 Å². The zero-order chi connectivity index (χ0) is 19.3. The van der Waals surface area contributed by atoms with Crippen LogP contribution < -0.4 is 0 Å². The molecule has 2 fully saturated rings. The van der Waals surface area contributed by atoms with Crippen molar-refractivity contribution in [1.29, 1.82) is 0 Å². The van der Waals surface area contributed by atoms with Gasteiger partial charge in [-0.15, -0.1) is 0 Å². The zero-order valence-corrected chi connectivity index (χ0v) is 16.6. The van der Waals surface area contributed by atoms with Gasteiger partial charge in [-0.25, -0.2) is 0 Å². The molecule has 3 rings (SSSR count). The molecule has 0 amide bonds. The number of unbranched alkanes of at least 4 members (excludes halogenated alkanes) is 2. The summed E-state index contributed by atoms with van der Waals surface area (Å²) in [6.45, 7) is 4.64. The van der Waals surface area contributed by atoms with E-state index in [1.165, 1.54) is 5.56 Å². The Bertz CT molecular complexity index is 577. The van der Waals surface area contributed by atoms with Crippen molar-refractivity contribution in [2.24, 2.45) is 0 Å². The van der Waals surface area contributed by atoms with Crippen LogP contribution in [-0.2, 0) is 30.1 Å². The van der Waals surface area contributed by atoms with Crippen molar-refractivity contribution in [3.05, 3.63) is 35.9 Å². The van der Waals surface area contributed by atoms with Crippen LogP contribution in [0.3, 0.4) is 0 Å². The van der Waals surface area contributed by atoms with Crippen molar-refractivity contribution < 1.29 is 28.8 Å². The molecule has 0 saturated carbocycles. The molecule has 1 aromatic rings. The first-order valence-corrected chi connectivity index (χ1v) is 9.80. The molecule has 1 aromatic carbocycles. The third-order valence-electron chi connectivity index (χ3n) is 5.17. The molecular formula is C21H32O6. The lowest BCUT2D eigenvalue weighted by Crippen LogP contribution is -2.64. The van der Waals surface area contributed by atoms with Crippen molar-refractivity contribution in [2.75, 3.05) is 26.9 Å². The predicted octanol–water partition coefficient (Wildman–Crippen LogP) is 2.67. The molecule has 1 N–H and O–H groups in total. The number of rotatable bonds is 8. The summed E-state index contributed by atoms with van der Waals surface area (Å²) in [5.74, 6) is -1.79.